The molecule has 3 nitrogen and oxygen atoms in total. The van der Waals surface area contributed by atoms with E-state index in [0.717, 1.165) is 12.8 Å². The fourth-order valence-electron chi connectivity index (χ4n) is 1.04. The van der Waals surface area contributed by atoms with Crippen molar-refractivity contribution >= 4 is 12.1 Å². The van der Waals surface area contributed by atoms with Crippen LogP contribution < -0.4 is 5.32 Å². The van der Waals surface area contributed by atoms with E-state index in [0.29, 0.717) is 19.0 Å². The molecule has 0 radical (unpaired) electrons. The van der Waals surface area contributed by atoms with Gasteiger partial charge < -0.3 is 5.32 Å². The number of carbonyl (C=O) groups excluding carboxylic acids is 1. The lowest BCUT2D eigenvalue weighted by Crippen LogP contribution is -2.32. The van der Waals surface area contributed by atoms with E-state index in [-0.39, 0.29) is 5.91 Å². The van der Waals surface area contributed by atoms with Gasteiger partial charge in [-0.15, -0.1) is 0 Å². The van der Waals surface area contributed by atoms with Gasteiger partial charge in [-0.2, -0.15) is 0 Å². The zero-order chi connectivity index (χ0) is 8.10. The summed E-state index contributed by atoms with van der Waals surface area (Å²) in [6.07, 6.45) is 4.23. The van der Waals surface area contributed by atoms with Gasteiger partial charge in [-0.05, 0) is 19.1 Å². The predicted octanol–water partition coefficient (Wildman–Crippen LogP) is 0.746. The minimum atomic E-state index is 0.148. The van der Waals surface area contributed by atoms with E-state index in [2.05, 4.69) is 17.2 Å². The van der Waals surface area contributed by atoms with Crippen LogP contribution in [0, 0.1) is 0 Å². The van der Waals surface area contributed by atoms with Crippen molar-refractivity contribution in [1.82, 2.24) is 5.32 Å². The first-order valence-corrected chi connectivity index (χ1v) is 4.11. The maximum atomic E-state index is 10.9. The van der Waals surface area contributed by atoms with Gasteiger partial charge in [0.05, 0.1) is 6.04 Å². The third kappa shape index (κ3) is 2.70. The van der Waals surface area contributed by atoms with Crippen LogP contribution in [0.2, 0.25) is 0 Å². The van der Waals surface area contributed by atoms with Crippen LogP contribution in [0.5, 0.6) is 0 Å². The minimum absolute atomic E-state index is 0.148. The van der Waals surface area contributed by atoms with Crippen molar-refractivity contribution in [2.45, 2.75) is 32.2 Å². The van der Waals surface area contributed by atoms with Gasteiger partial charge in [-0.3, -0.25) is 9.79 Å². The first-order valence-electron chi connectivity index (χ1n) is 4.11. The second-order valence-electron chi connectivity index (χ2n) is 2.74. The van der Waals surface area contributed by atoms with Gasteiger partial charge in [0, 0.05) is 13.0 Å². The maximum absolute atomic E-state index is 10.9. The summed E-state index contributed by atoms with van der Waals surface area (Å²) in [6.45, 7) is 2.78. The van der Waals surface area contributed by atoms with E-state index in [9.17, 15) is 4.79 Å². The molecule has 0 bridgehead atoms. The lowest BCUT2D eigenvalue weighted by Gasteiger charge is -2.13. The van der Waals surface area contributed by atoms with E-state index in [1.807, 2.05) is 6.21 Å². The Hall–Kier alpha value is -0.860. The summed E-state index contributed by atoms with van der Waals surface area (Å²) >= 11 is 0. The zero-order valence-electron chi connectivity index (χ0n) is 6.84. The van der Waals surface area contributed by atoms with E-state index in [1.165, 1.54) is 0 Å². The van der Waals surface area contributed by atoms with Crippen LogP contribution in [0.25, 0.3) is 0 Å². The number of rotatable bonds is 1. The molecule has 11 heavy (non-hydrogen) atoms. The lowest BCUT2D eigenvalue weighted by molar-refractivity contribution is -0.121. The molecule has 1 N–H and O–H groups in total. The van der Waals surface area contributed by atoms with Crippen LogP contribution in [0.15, 0.2) is 4.99 Å². The Labute approximate surface area is 66.9 Å². The number of nitrogens with one attached hydrogen (secondary N) is 1. The van der Waals surface area contributed by atoms with Crippen molar-refractivity contribution in [1.29, 1.82) is 0 Å². The third-order valence-electron chi connectivity index (χ3n) is 1.82. The maximum Gasteiger partial charge on any atom is 0.220 e. The van der Waals surface area contributed by atoms with Gasteiger partial charge in [0.2, 0.25) is 5.91 Å². The average molecular weight is 154 g/mol. The molecule has 1 unspecified atom stereocenters. The number of carbonyl (C=O) groups is 1. The number of hydrogen-bond acceptors (Lipinski definition) is 2. The summed E-state index contributed by atoms with van der Waals surface area (Å²) < 4.78 is 0. The Morgan fingerprint density at radius 2 is 2.64 bits per heavy atom. The summed E-state index contributed by atoms with van der Waals surface area (Å²) in [5.41, 5.74) is 0. The highest BCUT2D eigenvalue weighted by Gasteiger charge is 2.08. The summed E-state index contributed by atoms with van der Waals surface area (Å²) in [6, 6.07) is 0.291. The van der Waals surface area contributed by atoms with Crippen LogP contribution in [0.1, 0.15) is 26.2 Å². The summed E-state index contributed by atoms with van der Waals surface area (Å²) in [5.74, 6) is 0.148. The fourth-order valence-corrected chi connectivity index (χ4v) is 1.04. The summed E-state index contributed by atoms with van der Waals surface area (Å²) in [4.78, 5) is 15.2. The van der Waals surface area contributed by atoms with Crippen molar-refractivity contribution in [2.24, 2.45) is 4.99 Å². The van der Waals surface area contributed by atoms with Gasteiger partial charge >= 0.3 is 0 Å². The van der Waals surface area contributed by atoms with Crippen LogP contribution >= 0.6 is 0 Å². The predicted molar refractivity (Wildman–Crippen MR) is 44.8 cm³/mol. The number of aliphatic imine (C=N–C) groups is 1. The summed E-state index contributed by atoms with van der Waals surface area (Å²) in [7, 11) is 0. The zero-order valence-corrected chi connectivity index (χ0v) is 6.84. The molecule has 1 atom stereocenters. The largest absolute Gasteiger partial charge is 0.354 e. The average Bonchev–Trinajstić information content (AvgIpc) is 1.98. The quantitative estimate of drug-likeness (QED) is 0.594. The van der Waals surface area contributed by atoms with Crippen molar-refractivity contribution in [3.05, 3.63) is 0 Å². The van der Waals surface area contributed by atoms with Crippen molar-refractivity contribution in [3.8, 4) is 0 Å². The highest BCUT2D eigenvalue weighted by Crippen LogP contribution is 1.99. The molecule has 1 aliphatic rings. The van der Waals surface area contributed by atoms with Gasteiger partial charge in [-0.1, -0.05) is 6.92 Å². The Bertz CT molecular complexity index is 165. The molecular formula is C8H14N2O. The molecule has 0 saturated carbocycles. The van der Waals surface area contributed by atoms with Crippen molar-refractivity contribution in [3.63, 3.8) is 0 Å². The molecule has 0 spiro atoms. The van der Waals surface area contributed by atoms with Gasteiger partial charge in [0.15, 0.2) is 0 Å². The topological polar surface area (TPSA) is 41.5 Å². The fraction of sp³-hybridized carbons (Fsp3) is 0.750. The molecular weight excluding hydrogens is 140 g/mol. The molecule has 1 heterocycles. The number of hydrogen-bond donors (Lipinski definition) is 1. The first kappa shape index (κ1) is 8.24. The molecule has 0 fully saturated rings. The van der Waals surface area contributed by atoms with Crippen molar-refractivity contribution in [2.75, 3.05) is 6.54 Å². The highest BCUT2D eigenvalue weighted by atomic mass is 16.1. The molecule has 62 valence electrons. The molecule has 0 saturated heterocycles. The van der Waals surface area contributed by atoms with E-state index < -0.39 is 0 Å². The molecule has 0 aromatic rings. The Kier molecular flexibility index (Phi) is 3.08. The lowest BCUT2D eigenvalue weighted by atomic mass is 10.2. The molecule has 1 aliphatic heterocycles. The number of amides is 1. The Morgan fingerprint density at radius 3 is 3.36 bits per heavy atom. The molecule has 1 rings (SSSR count). The molecule has 0 aromatic heterocycles. The Balaban J connectivity index is 2.46. The summed E-state index contributed by atoms with van der Waals surface area (Å²) in [5, 5.41) is 2.83. The first-order chi connectivity index (χ1) is 5.33. The van der Waals surface area contributed by atoms with Crippen molar-refractivity contribution < 1.29 is 4.79 Å². The standard InChI is InChI=1S/C8H14N2O/c1-2-7-6-10-8(11)4-3-5-9-7/h5,7H,2-4,6H2,1H3,(H,10,11). The molecule has 0 aliphatic carbocycles. The normalized spacial score (nSPS) is 25.5. The number of nitrogens with zero attached hydrogens (tertiary/aromatic N) is 1. The third-order valence-corrected chi connectivity index (χ3v) is 1.82. The second-order valence-corrected chi connectivity index (χ2v) is 2.74. The van der Waals surface area contributed by atoms with Crippen LogP contribution in [0.4, 0.5) is 0 Å². The second kappa shape index (κ2) is 4.11. The monoisotopic (exact) mass is 154 g/mol. The van der Waals surface area contributed by atoms with Crippen LogP contribution in [-0.2, 0) is 4.79 Å². The smallest absolute Gasteiger partial charge is 0.220 e. The Morgan fingerprint density at radius 1 is 1.82 bits per heavy atom. The van der Waals surface area contributed by atoms with E-state index in [4.69, 9.17) is 0 Å². The van der Waals surface area contributed by atoms with Gasteiger partial charge in [0.25, 0.3) is 0 Å². The van der Waals surface area contributed by atoms with E-state index in [1.54, 1.807) is 0 Å². The van der Waals surface area contributed by atoms with Crippen LogP contribution in [0.3, 0.4) is 0 Å². The van der Waals surface area contributed by atoms with Gasteiger partial charge in [-0.25, -0.2) is 0 Å². The molecule has 3 heteroatoms. The van der Waals surface area contributed by atoms with Gasteiger partial charge in [0.1, 0.15) is 0 Å². The SMILES string of the molecule is CCC1CNC(=O)CCC=N1. The molecule has 0 aromatic carbocycles. The minimum Gasteiger partial charge on any atom is -0.354 e. The van der Waals surface area contributed by atoms with E-state index >= 15 is 0 Å². The highest BCUT2D eigenvalue weighted by molar-refractivity contribution is 5.79. The van der Waals surface area contributed by atoms with Crippen LogP contribution in [-0.4, -0.2) is 24.7 Å². The molecule has 1 amide bonds.